The standard InChI is InChI=1S/C48H44N4O5/c1-48(2,3)57-47(55)50-30-38-39(33-21-11-5-12-22-33)41(35-25-15-7-16-26-35)43(51-38)45(53)49-29-37-40(34-23-13-6-14-24-34)42(36-27-17-8-18-28-36)44(52-37)46(54)56-31-32-19-9-4-10-20-32/h4-28,51-52H,29-31H2,1-3H3,(H,49,53)(H,50,55). The molecule has 5 aromatic carbocycles. The molecular weight excluding hydrogens is 713 g/mol. The molecule has 2 heterocycles. The SMILES string of the molecule is CC(C)(C)OC(=O)NCc1[nH]c(C(=O)NCc2[nH]c(C(=O)OCc3ccccc3)c(-c3ccccc3)c2-c2ccccc2)c(-c2ccccc2)c1-c1ccccc1. The Morgan fingerprint density at radius 2 is 0.895 bits per heavy atom. The summed E-state index contributed by atoms with van der Waals surface area (Å²) in [7, 11) is 0. The summed E-state index contributed by atoms with van der Waals surface area (Å²) < 4.78 is 11.4. The first-order valence-electron chi connectivity index (χ1n) is 18.8. The van der Waals surface area contributed by atoms with Crippen LogP contribution < -0.4 is 10.6 Å². The molecule has 7 aromatic rings. The smallest absolute Gasteiger partial charge is 0.407 e. The molecule has 9 nitrogen and oxygen atoms in total. The predicted octanol–water partition coefficient (Wildman–Crippen LogP) is 10.3. The molecule has 0 atom stereocenters. The molecule has 4 N–H and O–H groups in total. The minimum absolute atomic E-state index is 0.0499. The van der Waals surface area contributed by atoms with Gasteiger partial charge in [-0.25, -0.2) is 9.59 Å². The molecule has 0 unspecified atom stereocenters. The zero-order chi connectivity index (χ0) is 39.8. The minimum Gasteiger partial charge on any atom is -0.456 e. The van der Waals surface area contributed by atoms with Crippen LogP contribution in [0.5, 0.6) is 0 Å². The summed E-state index contributed by atoms with van der Waals surface area (Å²) >= 11 is 0. The van der Waals surface area contributed by atoms with Crippen LogP contribution in [0, 0.1) is 0 Å². The highest BCUT2D eigenvalue weighted by Gasteiger charge is 2.28. The number of carbonyl (C=O) groups excluding carboxylic acids is 3. The highest BCUT2D eigenvalue weighted by atomic mass is 16.6. The lowest BCUT2D eigenvalue weighted by molar-refractivity contribution is 0.0465. The monoisotopic (exact) mass is 756 g/mol. The third-order valence-electron chi connectivity index (χ3n) is 9.28. The van der Waals surface area contributed by atoms with E-state index in [-0.39, 0.29) is 31.3 Å². The van der Waals surface area contributed by atoms with Gasteiger partial charge < -0.3 is 30.1 Å². The Balaban J connectivity index is 1.29. The van der Waals surface area contributed by atoms with Crippen molar-refractivity contribution in [2.75, 3.05) is 0 Å². The van der Waals surface area contributed by atoms with Gasteiger partial charge in [0.05, 0.1) is 13.1 Å². The average molecular weight is 757 g/mol. The summed E-state index contributed by atoms with van der Waals surface area (Å²) in [5, 5.41) is 6.01. The fourth-order valence-corrected chi connectivity index (χ4v) is 6.85. The van der Waals surface area contributed by atoms with E-state index in [1.807, 2.05) is 152 Å². The van der Waals surface area contributed by atoms with E-state index in [0.717, 1.165) is 38.9 Å². The van der Waals surface area contributed by atoms with Crippen LogP contribution in [0.15, 0.2) is 152 Å². The first-order valence-corrected chi connectivity index (χ1v) is 18.8. The fourth-order valence-electron chi connectivity index (χ4n) is 6.85. The molecule has 0 saturated carbocycles. The van der Waals surface area contributed by atoms with Gasteiger partial charge in [-0.3, -0.25) is 4.79 Å². The van der Waals surface area contributed by atoms with Gasteiger partial charge in [-0.15, -0.1) is 0 Å². The van der Waals surface area contributed by atoms with Crippen LogP contribution >= 0.6 is 0 Å². The molecule has 0 saturated heterocycles. The predicted molar refractivity (Wildman–Crippen MR) is 223 cm³/mol. The van der Waals surface area contributed by atoms with Crippen molar-refractivity contribution in [3.8, 4) is 44.5 Å². The van der Waals surface area contributed by atoms with E-state index in [1.54, 1.807) is 20.8 Å². The zero-order valence-electron chi connectivity index (χ0n) is 32.1. The number of carbonyl (C=O) groups is 3. The second-order valence-electron chi connectivity index (χ2n) is 14.5. The van der Waals surface area contributed by atoms with E-state index in [4.69, 9.17) is 9.47 Å². The number of aromatic nitrogens is 2. The van der Waals surface area contributed by atoms with Gasteiger partial charge in [0, 0.05) is 33.6 Å². The maximum absolute atomic E-state index is 14.6. The van der Waals surface area contributed by atoms with Crippen LogP contribution in [0.3, 0.4) is 0 Å². The second kappa shape index (κ2) is 17.1. The molecule has 9 heteroatoms. The molecule has 57 heavy (non-hydrogen) atoms. The first kappa shape index (κ1) is 38.2. The van der Waals surface area contributed by atoms with Crippen molar-refractivity contribution in [2.24, 2.45) is 0 Å². The molecule has 7 rings (SSSR count). The Kier molecular flexibility index (Phi) is 11.5. The number of ether oxygens (including phenoxy) is 2. The number of amides is 2. The van der Waals surface area contributed by atoms with E-state index in [1.165, 1.54) is 0 Å². The number of benzene rings is 5. The number of rotatable bonds is 12. The van der Waals surface area contributed by atoms with Crippen LogP contribution in [0.1, 0.15) is 58.7 Å². The van der Waals surface area contributed by atoms with Crippen LogP contribution in [-0.2, 0) is 29.2 Å². The number of aromatic amines is 2. The van der Waals surface area contributed by atoms with E-state index in [9.17, 15) is 14.4 Å². The Hall–Kier alpha value is -7.13. The first-order chi connectivity index (χ1) is 27.7. The molecule has 0 aliphatic rings. The largest absolute Gasteiger partial charge is 0.456 e. The average Bonchev–Trinajstić information content (AvgIpc) is 3.82. The summed E-state index contributed by atoms with van der Waals surface area (Å²) in [6.07, 6.45) is -0.573. The van der Waals surface area contributed by atoms with E-state index in [0.29, 0.717) is 28.2 Å². The van der Waals surface area contributed by atoms with Crippen molar-refractivity contribution in [3.05, 3.63) is 180 Å². The Bertz CT molecular complexity index is 2450. The quantitative estimate of drug-likeness (QED) is 0.0924. The highest BCUT2D eigenvalue weighted by molar-refractivity contribution is 6.05. The number of esters is 1. The van der Waals surface area contributed by atoms with Gasteiger partial charge in [0.15, 0.2) is 0 Å². The molecule has 2 aromatic heterocycles. The van der Waals surface area contributed by atoms with Crippen LogP contribution in [0.4, 0.5) is 4.79 Å². The van der Waals surface area contributed by atoms with E-state index < -0.39 is 17.7 Å². The lowest BCUT2D eigenvalue weighted by atomic mass is 9.94. The number of H-pyrrole nitrogens is 2. The molecule has 2 amide bonds. The molecule has 0 aliphatic carbocycles. The molecule has 286 valence electrons. The third-order valence-corrected chi connectivity index (χ3v) is 9.28. The van der Waals surface area contributed by atoms with Crippen LogP contribution in [0.2, 0.25) is 0 Å². The van der Waals surface area contributed by atoms with Crippen molar-refractivity contribution in [3.63, 3.8) is 0 Å². The van der Waals surface area contributed by atoms with Crippen molar-refractivity contribution in [1.82, 2.24) is 20.6 Å². The van der Waals surface area contributed by atoms with Crippen molar-refractivity contribution in [2.45, 2.75) is 46.1 Å². The van der Waals surface area contributed by atoms with Gasteiger partial charge in [-0.2, -0.15) is 0 Å². The van der Waals surface area contributed by atoms with Crippen molar-refractivity contribution in [1.29, 1.82) is 0 Å². The lowest BCUT2D eigenvalue weighted by Crippen LogP contribution is -2.32. The Morgan fingerprint density at radius 1 is 0.509 bits per heavy atom. The molecule has 0 spiro atoms. The molecule has 0 aliphatic heterocycles. The Labute approximate surface area is 332 Å². The topological polar surface area (TPSA) is 125 Å². The van der Waals surface area contributed by atoms with Gasteiger partial charge in [-0.1, -0.05) is 152 Å². The molecule has 0 fully saturated rings. The van der Waals surface area contributed by atoms with Gasteiger partial charge >= 0.3 is 12.1 Å². The van der Waals surface area contributed by atoms with Crippen LogP contribution in [0.25, 0.3) is 44.5 Å². The third kappa shape index (κ3) is 9.06. The van der Waals surface area contributed by atoms with Crippen molar-refractivity contribution >= 4 is 18.0 Å². The minimum atomic E-state index is -0.683. The van der Waals surface area contributed by atoms with Gasteiger partial charge in [-0.05, 0) is 48.6 Å². The Morgan fingerprint density at radius 3 is 1.35 bits per heavy atom. The van der Waals surface area contributed by atoms with E-state index in [2.05, 4.69) is 20.6 Å². The van der Waals surface area contributed by atoms with Crippen molar-refractivity contribution < 1.29 is 23.9 Å². The summed E-state index contributed by atoms with van der Waals surface area (Å²) in [4.78, 5) is 48.1. The van der Waals surface area contributed by atoms with Gasteiger partial charge in [0.1, 0.15) is 23.6 Å². The normalized spacial score (nSPS) is 11.1. The van der Waals surface area contributed by atoms with Gasteiger partial charge in [0.2, 0.25) is 0 Å². The number of hydrogen-bond donors (Lipinski definition) is 4. The van der Waals surface area contributed by atoms with E-state index >= 15 is 0 Å². The number of nitrogens with one attached hydrogen (secondary N) is 4. The zero-order valence-corrected chi connectivity index (χ0v) is 32.1. The lowest BCUT2D eigenvalue weighted by Gasteiger charge is -2.19. The number of hydrogen-bond acceptors (Lipinski definition) is 5. The second-order valence-corrected chi connectivity index (χ2v) is 14.5. The van der Waals surface area contributed by atoms with Crippen LogP contribution in [-0.4, -0.2) is 33.5 Å². The summed E-state index contributed by atoms with van der Waals surface area (Å²) in [6.45, 7) is 5.64. The maximum atomic E-state index is 14.6. The number of alkyl carbamates (subject to hydrolysis) is 1. The highest BCUT2D eigenvalue weighted by Crippen LogP contribution is 2.40. The maximum Gasteiger partial charge on any atom is 0.407 e. The molecule has 0 radical (unpaired) electrons. The summed E-state index contributed by atoms with van der Waals surface area (Å²) in [5.41, 5.74) is 8.34. The fraction of sp³-hybridized carbons (Fsp3) is 0.146. The molecule has 0 bridgehead atoms. The summed E-state index contributed by atoms with van der Waals surface area (Å²) in [5.74, 6) is -0.893. The molecular formula is C48H44N4O5. The van der Waals surface area contributed by atoms with Gasteiger partial charge in [0.25, 0.3) is 5.91 Å². The summed E-state index contributed by atoms with van der Waals surface area (Å²) in [6, 6.07) is 48.4.